The standard InChI is InChI=1S/C20H25F3N2O4/c21-20(22,23)15-9-4-5-10-16(15)25-18(27)13-29-19(28)12-6-11-17(26)24-14-7-2-1-3-8-14/h4-5,9-10,14H,1-3,6-8,11-13H2,(H,24,26)(H,25,27). The third kappa shape index (κ3) is 8.13. The topological polar surface area (TPSA) is 84.5 Å². The molecular formula is C20H25F3N2O4. The fraction of sp³-hybridized carbons (Fsp3) is 0.550. The Labute approximate surface area is 167 Å². The first-order chi connectivity index (χ1) is 13.8. The maximum Gasteiger partial charge on any atom is 0.418 e. The number of halogens is 3. The van der Waals surface area contributed by atoms with E-state index in [1.807, 2.05) is 0 Å². The highest BCUT2D eigenvalue weighted by atomic mass is 19.4. The molecule has 29 heavy (non-hydrogen) atoms. The van der Waals surface area contributed by atoms with Gasteiger partial charge in [-0.1, -0.05) is 31.4 Å². The first kappa shape index (κ1) is 22.7. The Kier molecular flexibility index (Phi) is 8.48. The minimum absolute atomic E-state index is 0.0511. The average molecular weight is 414 g/mol. The fourth-order valence-corrected chi connectivity index (χ4v) is 3.18. The van der Waals surface area contributed by atoms with Crippen molar-refractivity contribution >= 4 is 23.5 Å². The molecule has 0 radical (unpaired) electrons. The molecule has 6 nitrogen and oxygen atoms in total. The molecule has 0 atom stereocenters. The largest absolute Gasteiger partial charge is 0.456 e. The number of hydrogen-bond donors (Lipinski definition) is 2. The predicted molar refractivity (Wildman–Crippen MR) is 99.9 cm³/mol. The van der Waals surface area contributed by atoms with Crippen LogP contribution < -0.4 is 10.6 Å². The van der Waals surface area contributed by atoms with Crippen LogP contribution in [0, 0.1) is 0 Å². The van der Waals surface area contributed by atoms with E-state index in [9.17, 15) is 27.6 Å². The number of rotatable bonds is 8. The van der Waals surface area contributed by atoms with Gasteiger partial charge in [-0.05, 0) is 31.4 Å². The molecule has 1 fully saturated rings. The van der Waals surface area contributed by atoms with Gasteiger partial charge in [-0.15, -0.1) is 0 Å². The molecule has 1 aliphatic carbocycles. The van der Waals surface area contributed by atoms with E-state index in [-0.39, 0.29) is 31.2 Å². The van der Waals surface area contributed by atoms with E-state index in [0.717, 1.165) is 37.8 Å². The van der Waals surface area contributed by atoms with Crippen molar-refractivity contribution in [3.8, 4) is 0 Å². The number of carbonyl (C=O) groups excluding carboxylic acids is 3. The van der Waals surface area contributed by atoms with Gasteiger partial charge in [0.15, 0.2) is 6.61 Å². The maximum absolute atomic E-state index is 12.9. The van der Waals surface area contributed by atoms with Crippen molar-refractivity contribution in [2.75, 3.05) is 11.9 Å². The number of anilines is 1. The number of ether oxygens (including phenoxy) is 1. The van der Waals surface area contributed by atoms with E-state index in [1.54, 1.807) is 0 Å². The molecule has 0 bridgehead atoms. The second-order valence-electron chi connectivity index (χ2n) is 7.01. The van der Waals surface area contributed by atoms with Crippen molar-refractivity contribution in [2.45, 2.75) is 63.6 Å². The minimum Gasteiger partial charge on any atom is -0.456 e. The summed E-state index contributed by atoms with van der Waals surface area (Å²) in [5.41, 5.74) is -1.39. The van der Waals surface area contributed by atoms with E-state index in [2.05, 4.69) is 10.6 Å². The molecule has 2 amide bonds. The highest BCUT2D eigenvalue weighted by Gasteiger charge is 2.33. The summed E-state index contributed by atoms with van der Waals surface area (Å²) in [4.78, 5) is 35.3. The molecule has 0 spiro atoms. The zero-order chi connectivity index (χ0) is 21.3. The van der Waals surface area contributed by atoms with Crippen molar-refractivity contribution in [1.82, 2.24) is 5.32 Å². The smallest absolute Gasteiger partial charge is 0.418 e. The van der Waals surface area contributed by atoms with Crippen LogP contribution >= 0.6 is 0 Å². The quantitative estimate of drug-likeness (QED) is 0.634. The molecule has 1 saturated carbocycles. The molecule has 0 aliphatic heterocycles. The summed E-state index contributed by atoms with van der Waals surface area (Å²) in [7, 11) is 0. The van der Waals surface area contributed by atoms with E-state index >= 15 is 0 Å². The van der Waals surface area contributed by atoms with Crippen LogP contribution in [0.5, 0.6) is 0 Å². The summed E-state index contributed by atoms with van der Waals surface area (Å²) in [5, 5.41) is 5.03. The highest BCUT2D eigenvalue weighted by Crippen LogP contribution is 2.34. The number of esters is 1. The van der Waals surface area contributed by atoms with Crippen LogP contribution in [0.4, 0.5) is 18.9 Å². The van der Waals surface area contributed by atoms with E-state index < -0.39 is 35.9 Å². The second-order valence-corrected chi connectivity index (χ2v) is 7.01. The zero-order valence-corrected chi connectivity index (χ0v) is 16.0. The van der Waals surface area contributed by atoms with Crippen LogP contribution in [0.2, 0.25) is 0 Å². The van der Waals surface area contributed by atoms with Crippen molar-refractivity contribution in [2.24, 2.45) is 0 Å². The van der Waals surface area contributed by atoms with E-state index in [1.165, 1.54) is 18.6 Å². The number of hydrogen-bond acceptors (Lipinski definition) is 4. The van der Waals surface area contributed by atoms with Gasteiger partial charge in [0.05, 0.1) is 11.3 Å². The van der Waals surface area contributed by atoms with Gasteiger partial charge in [0, 0.05) is 18.9 Å². The maximum atomic E-state index is 12.9. The van der Waals surface area contributed by atoms with Gasteiger partial charge in [-0.3, -0.25) is 14.4 Å². The lowest BCUT2D eigenvalue weighted by Crippen LogP contribution is -2.36. The Morgan fingerprint density at radius 3 is 2.38 bits per heavy atom. The van der Waals surface area contributed by atoms with E-state index in [4.69, 9.17) is 4.74 Å². The Bertz CT molecular complexity index is 716. The number of alkyl halides is 3. The van der Waals surface area contributed by atoms with Gasteiger partial charge in [-0.25, -0.2) is 0 Å². The molecule has 0 saturated heterocycles. The molecule has 2 rings (SSSR count). The molecular weight excluding hydrogens is 389 g/mol. The number of amides is 2. The summed E-state index contributed by atoms with van der Waals surface area (Å²) in [6, 6.07) is 4.73. The second kappa shape index (κ2) is 10.8. The van der Waals surface area contributed by atoms with E-state index in [0.29, 0.717) is 0 Å². The van der Waals surface area contributed by atoms with Gasteiger partial charge in [0.2, 0.25) is 5.91 Å². The van der Waals surface area contributed by atoms with Crippen molar-refractivity contribution in [3.05, 3.63) is 29.8 Å². The van der Waals surface area contributed by atoms with Crippen molar-refractivity contribution in [1.29, 1.82) is 0 Å². The minimum atomic E-state index is -4.61. The summed E-state index contributed by atoms with van der Waals surface area (Å²) in [6.07, 6.45) is 1.13. The molecule has 0 heterocycles. The number of nitrogens with one attached hydrogen (secondary N) is 2. The molecule has 0 aromatic heterocycles. The number of para-hydroxylation sites is 1. The molecule has 1 aromatic carbocycles. The lowest BCUT2D eigenvalue weighted by Gasteiger charge is -2.22. The van der Waals surface area contributed by atoms with Crippen LogP contribution in [0.25, 0.3) is 0 Å². The lowest BCUT2D eigenvalue weighted by atomic mass is 9.95. The van der Waals surface area contributed by atoms with Gasteiger partial charge in [0.25, 0.3) is 5.91 Å². The Morgan fingerprint density at radius 2 is 1.69 bits per heavy atom. The summed E-state index contributed by atoms with van der Waals surface area (Å²) in [6.45, 7) is -0.695. The number of benzene rings is 1. The Morgan fingerprint density at radius 1 is 1.00 bits per heavy atom. The summed E-state index contributed by atoms with van der Waals surface area (Å²) >= 11 is 0. The molecule has 1 aromatic rings. The monoisotopic (exact) mass is 414 g/mol. The summed E-state index contributed by atoms with van der Waals surface area (Å²) in [5.74, 6) is -1.67. The Hall–Kier alpha value is -2.58. The predicted octanol–water partition coefficient (Wildman–Crippen LogP) is 3.81. The number of carbonyl (C=O) groups is 3. The molecule has 1 aliphatic rings. The van der Waals surface area contributed by atoms with Crippen LogP contribution in [0.1, 0.15) is 56.9 Å². The van der Waals surface area contributed by atoms with Gasteiger partial charge in [-0.2, -0.15) is 13.2 Å². The zero-order valence-electron chi connectivity index (χ0n) is 16.0. The van der Waals surface area contributed by atoms with Crippen LogP contribution in [0.15, 0.2) is 24.3 Å². The van der Waals surface area contributed by atoms with Crippen LogP contribution in [0.3, 0.4) is 0 Å². The highest BCUT2D eigenvalue weighted by molar-refractivity contribution is 5.93. The SMILES string of the molecule is O=C(COC(=O)CCCC(=O)NC1CCCCC1)Nc1ccccc1C(F)(F)F. The van der Waals surface area contributed by atoms with Crippen LogP contribution in [-0.2, 0) is 25.3 Å². The Balaban J connectivity index is 1.66. The molecule has 0 unspecified atom stereocenters. The molecule has 2 N–H and O–H groups in total. The van der Waals surface area contributed by atoms with Gasteiger partial charge >= 0.3 is 12.1 Å². The first-order valence-corrected chi connectivity index (χ1v) is 9.67. The first-order valence-electron chi connectivity index (χ1n) is 9.67. The normalized spacial score (nSPS) is 14.9. The third-order valence-electron chi connectivity index (χ3n) is 4.63. The van der Waals surface area contributed by atoms with Crippen molar-refractivity contribution in [3.63, 3.8) is 0 Å². The third-order valence-corrected chi connectivity index (χ3v) is 4.63. The lowest BCUT2D eigenvalue weighted by molar-refractivity contribution is -0.147. The molecule has 160 valence electrons. The van der Waals surface area contributed by atoms with Crippen molar-refractivity contribution < 1.29 is 32.3 Å². The van der Waals surface area contributed by atoms with Crippen LogP contribution in [-0.4, -0.2) is 30.4 Å². The van der Waals surface area contributed by atoms with Gasteiger partial charge < -0.3 is 15.4 Å². The summed E-state index contributed by atoms with van der Waals surface area (Å²) < 4.78 is 43.5. The fourth-order valence-electron chi connectivity index (χ4n) is 3.18. The van der Waals surface area contributed by atoms with Gasteiger partial charge in [0.1, 0.15) is 0 Å². The molecule has 9 heteroatoms. The average Bonchev–Trinajstić information content (AvgIpc) is 2.67.